The lowest BCUT2D eigenvalue weighted by Gasteiger charge is -2.38. The number of aliphatic hydroxyl groups is 1. The summed E-state index contributed by atoms with van der Waals surface area (Å²) < 4.78 is 0. The smallest absolute Gasteiger partial charge is 0.251 e. The predicted octanol–water partition coefficient (Wildman–Crippen LogP) is 4.46. The number of hydrogen-bond acceptors (Lipinski definition) is 2. The molecule has 2 N–H and O–H groups in total. The summed E-state index contributed by atoms with van der Waals surface area (Å²) in [5.41, 5.74) is 5.08. The second-order valence-electron chi connectivity index (χ2n) is 9.82. The largest absolute Gasteiger partial charge is 0.390 e. The van der Waals surface area contributed by atoms with Crippen LogP contribution in [0.2, 0.25) is 0 Å². The van der Waals surface area contributed by atoms with Crippen LogP contribution in [-0.4, -0.2) is 22.2 Å². The molecule has 3 bridgehead atoms. The average Bonchev–Trinajstić information content (AvgIpc) is 3.09. The number of amides is 1. The second-order valence-corrected chi connectivity index (χ2v) is 9.82. The average molecular weight is 373 g/mol. The van der Waals surface area contributed by atoms with Gasteiger partial charge in [-0.25, -0.2) is 0 Å². The molecule has 1 amide bonds. The normalized spacial score (nSPS) is 34.6. The summed E-state index contributed by atoms with van der Waals surface area (Å²) in [7, 11) is 0. The molecule has 0 heterocycles. The van der Waals surface area contributed by atoms with E-state index in [-0.39, 0.29) is 11.4 Å². The minimum absolute atomic E-state index is 0.0244. The molecule has 2 aromatic carbocycles. The van der Waals surface area contributed by atoms with Gasteiger partial charge in [0.1, 0.15) is 0 Å². The molecule has 0 saturated heterocycles. The summed E-state index contributed by atoms with van der Waals surface area (Å²) in [6, 6.07) is 14.6. The van der Waals surface area contributed by atoms with Gasteiger partial charge in [0.2, 0.25) is 0 Å². The lowest BCUT2D eigenvalue weighted by Crippen LogP contribution is -2.50. The van der Waals surface area contributed by atoms with Gasteiger partial charge in [0.25, 0.3) is 5.91 Å². The van der Waals surface area contributed by atoms with Crippen molar-refractivity contribution in [1.29, 1.82) is 0 Å². The molecule has 3 heteroatoms. The van der Waals surface area contributed by atoms with Crippen LogP contribution in [0.25, 0.3) is 11.1 Å². The van der Waals surface area contributed by atoms with E-state index in [4.69, 9.17) is 0 Å². The van der Waals surface area contributed by atoms with Gasteiger partial charge in [-0.3, -0.25) is 4.79 Å². The zero-order valence-corrected chi connectivity index (χ0v) is 16.2. The van der Waals surface area contributed by atoms with Gasteiger partial charge in [0.05, 0.1) is 5.60 Å². The maximum absolute atomic E-state index is 13.2. The molecule has 0 spiro atoms. The molecule has 144 valence electrons. The number of fused-ring (bicyclic) bond motifs is 5. The van der Waals surface area contributed by atoms with E-state index in [1.54, 1.807) is 0 Å². The van der Waals surface area contributed by atoms with Crippen molar-refractivity contribution in [3.05, 3.63) is 59.2 Å². The van der Waals surface area contributed by atoms with Crippen molar-refractivity contribution in [3.8, 4) is 11.1 Å². The Morgan fingerprint density at radius 2 is 1.93 bits per heavy atom. The molecule has 6 rings (SSSR count). The summed E-state index contributed by atoms with van der Waals surface area (Å²) in [6.07, 6.45) is 8.04. The van der Waals surface area contributed by atoms with Crippen LogP contribution in [0.1, 0.15) is 66.4 Å². The molecule has 3 fully saturated rings. The molecular formula is C25H27NO2. The number of rotatable bonds is 2. The molecule has 3 nitrogen and oxygen atoms in total. The molecule has 4 unspecified atom stereocenters. The summed E-state index contributed by atoms with van der Waals surface area (Å²) in [6.45, 7) is 0. The van der Waals surface area contributed by atoms with Gasteiger partial charge in [-0.1, -0.05) is 43.2 Å². The van der Waals surface area contributed by atoms with E-state index < -0.39 is 5.60 Å². The standard InChI is InChI=1S/C25H27NO2/c27-23(19-8-7-18-11-17-5-1-2-6-21(17)22(18)12-19)26-24-13-16-4-3-9-25(28,15-24)20(10-16)14-24/h1-2,5-8,12,16,20,28H,3-4,9-11,13-15H2,(H,26,27). The third kappa shape index (κ3) is 2.42. The summed E-state index contributed by atoms with van der Waals surface area (Å²) >= 11 is 0. The van der Waals surface area contributed by atoms with Crippen LogP contribution < -0.4 is 5.32 Å². The van der Waals surface area contributed by atoms with Gasteiger partial charge < -0.3 is 10.4 Å². The van der Waals surface area contributed by atoms with Crippen molar-refractivity contribution < 1.29 is 9.90 Å². The van der Waals surface area contributed by atoms with Gasteiger partial charge >= 0.3 is 0 Å². The van der Waals surface area contributed by atoms with Crippen LogP contribution >= 0.6 is 0 Å². The Morgan fingerprint density at radius 3 is 2.86 bits per heavy atom. The molecule has 28 heavy (non-hydrogen) atoms. The third-order valence-electron chi connectivity index (χ3n) is 8.00. The topological polar surface area (TPSA) is 49.3 Å². The molecule has 4 aliphatic rings. The summed E-state index contributed by atoms with van der Waals surface area (Å²) in [4.78, 5) is 13.2. The van der Waals surface area contributed by atoms with Crippen molar-refractivity contribution in [2.75, 3.05) is 0 Å². The Balaban J connectivity index is 1.30. The molecule has 3 saturated carbocycles. The number of benzene rings is 2. The molecule has 0 radical (unpaired) electrons. The van der Waals surface area contributed by atoms with Crippen LogP contribution in [-0.2, 0) is 6.42 Å². The number of hydrogen-bond donors (Lipinski definition) is 2. The minimum Gasteiger partial charge on any atom is -0.390 e. The first-order valence-corrected chi connectivity index (χ1v) is 10.8. The molecule has 2 aromatic rings. The highest BCUT2D eigenvalue weighted by Gasteiger charge is 2.59. The van der Waals surface area contributed by atoms with Crippen molar-refractivity contribution in [2.45, 2.75) is 62.5 Å². The van der Waals surface area contributed by atoms with E-state index in [1.807, 2.05) is 6.07 Å². The van der Waals surface area contributed by atoms with Crippen molar-refractivity contribution in [2.24, 2.45) is 11.8 Å². The first-order chi connectivity index (χ1) is 13.5. The fourth-order valence-electron chi connectivity index (χ4n) is 6.89. The molecule has 0 aromatic heterocycles. The lowest BCUT2D eigenvalue weighted by atomic mass is 9.75. The number of nitrogens with one attached hydrogen (secondary N) is 1. The Kier molecular flexibility index (Phi) is 3.42. The highest BCUT2D eigenvalue weighted by Crippen LogP contribution is 2.57. The fraction of sp³-hybridized carbons (Fsp3) is 0.480. The van der Waals surface area contributed by atoms with Gasteiger partial charge in [0.15, 0.2) is 0 Å². The highest BCUT2D eigenvalue weighted by molar-refractivity contribution is 5.97. The Labute approximate surface area is 166 Å². The zero-order chi connectivity index (χ0) is 18.9. The first kappa shape index (κ1) is 16.8. The van der Waals surface area contributed by atoms with Crippen LogP contribution in [0, 0.1) is 11.8 Å². The van der Waals surface area contributed by atoms with Gasteiger partial charge in [-0.15, -0.1) is 0 Å². The Hall–Kier alpha value is -2.13. The van der Waals surface area contributed by atoms with E-state index >= 15 is 0 Å². The molecule has 0 aliphatic heterocycles. The molecule has 4 atom stereocenters. The van der Waals surface area contributed by atoms with Crippen molar-refractivity contribution >= 4 is 5.91 Å². The van der Waals surface area contributed by atoms with Crippen molar-refractivity contribution in [3.63, 3.8) is 0 Å². The van der Waals surface area contributed by atoms with E-state index in [9.17, 15) is 9.90 Å². The van der Waals surface area contributed by atoms with Gasteiger partial charge in [-0.05, 0) is 84.7 Å². The van der Waals surface area contributed by atoms with Crippen LogP contribution in [0.15, 0.2) is 42.5 Å². The quantitative estimate of drug-likeness (QED) is 0.697. The summed E-state index contributed by atoms with van der Waals surface area (Å²) in [5.74, 6) is 1.04. The van der Waals surface area contributed by atoms with E-state index in [1.165, 1.54) is 28.7 Å². The van der Waals surface area contributed by atoms with Gasteiger partial charge in [-0.2, -0.15) is 0 Å². The van der Waals surface area contributed by atoms with E-state index in [0.29, 0.717) is 11.8 Å². The second kappa shape index (κ2) is 5.70. The maximum Gasteiger partial charge on any atom is 0.251 e. The monoisotopic (exact) mass is 373 g/mol. The van der Waals surface area contributed by atoms with Gasteiger partial charge in [0, 0.05) is 11.1 Å². The van der Waals surface area contributed by atoms with Crippen LogP contribution in [0.3, 0.4) is 0 Å². The van der Waals surface area contributed by atoms with E-state index in [0.717, 1.165) is 50.5 Å². The number of carbonyl (C=O) groups is 1. The van der Waals surface area contributed by atoms with Crippen molar-refractivity contribution in [1.82, 2.24) is 5.32 Å². The minimum atomic E-state index is -0.560. The Bertz CT molecular complexity index is 978. The summed E-state index contributed by atoms with van der Waals surface area (Å²) in [5, 5.41) is 14.6. The predicted molar refractivity (Wildman–Crippen MR) is 109 cm³/mol. The molecular weight excluding hydrogens is 346 g/mol. The van der Waals surface area contributed by atoms with E-state index in [2.05, 4.69) is 41.7 Å². The first-order valence-electron chi connectivity index (χ1n) is 10.8. The fourth-order valence-corrected chi connectivity index (χ4v) is 6.89. The zero-order valence-electron chi connectivity index (χ0n) is 16.2. The lowest BCUT2D eigenvalue weighted by molar-refractivity contribution is -0.00461. The van der Waals surface area contributed by atoms with Crippen LogP contribution in [0.5, 0.6) is 0 Å². The highest BCUT2D eigenvalue weighted by atomic mass is 16.3. The molecule has 4 aliphatic carbocycles. The SMILES string of the molecule is O=C(NC12CC3CCCC(O)(C1)C(C3)C2)c1ccc2c(c1)-c1ccccc1C2. The third-order valence-corrected chi connectivity index (χ3v) is 8.00. The Morgan fingerprint density at radius 1 is 1.07 bits per heavy atom. The number of carbonyl (C=O) groups excluding carboxylic acids is 1. The van der Waals surface area contributed by atoms with Crippen LogP contribution in [0.4, 0.5) is 0 Å². The maximum atomic E-state index is 13.2.